The molecular weight excluding hydrogens is 278 g/mol. The number of hydrogen-bond acceptors (Lipinski definition) is 1. The SMILES string of the molecule is Cl.Fc1ccc(N(CCCl)CCCl)c(F)c1. The second-order valence-corrected chi connectivity index (χ2v) is 3.72. The van der Waals surface area contributed by atoms with Gasteiger partial charge in [-0.1, -0.05) is 0 Å². The topological polar surface area (TPSA) is 3.24 Å². The van der Waals surface area contributed by atoms with E-state index in [9.17, 15) is 8.78 Å². The lowest BCUT2D eigenvalue weighted by atomic mass is 10.2. The standard InChI is InChI=1S/C10H11Cl2F2N.ClH/c11-3-5-15(6-4-12)10-2-1-8(13)7-9(10)14;/h1-2,7H,3-6H2;1H. The van der Waals surface area contributed by atoms with Crippen LogP contribution < -0.4 is 4.90 Å². The van der Waals surface area contributed by atoms with E-state index in [1.54, 1.807) is 4.90 Å². The van der Waals surface area contributed by atoms with Gasteiger partial charge in [0.05, 0.1) is 5.69 Å². The minimum atomic E-state index is -0.592. The average molecular weight is 291 g/mol. The van der Waals surface area contributed by atoms with Crippen LogP contribution >= 0.6 is 35.6 Å². The van der Waals surface area contributed by atoms with E-state index in [-0.39, 0.29) is 12.4 Å². The van der Waals surface area contributed by atoms with Crippen LogP contribution in [0.1, 0.15) is 0 Å². The maximum atomic E-state index is 13.4. The van der Waals surface area contributed by atoms with Crippen molar-refractivity contribution in [2.45, 2.75) is 0 Å². The fraction of sp³-hybridized carbons (Fsp3) is 0.400. The molecule has 1 aromatic rings. The number of benzene rings is 1. The molecule has 0 N–H and O–H groups in total. The van der Waals surface area contributed by atoms with Crippen molar-refractivity contribution >= 4 is 41.3 Å². The molecule has 0 fully saturated rings. The molecule has 0 amide bonds. The third-order valence-corrected chi connectivity index (χ3v) is 2.30. The van der Waals surface area contributed by atoms with Crippen molar-refractivity contribution in [1.82, 2.24) is 0 Å². The van der Waals surface area contributed by atoms with Gasteiger partial charge < -0.3 is 4.90 Å². The van der Waals surface area contributed by atoms with Crippen LogP contribution in [0, 0.1) is 11.6 Å². The van der Waals surface area contributed by atoms with Crippen LogP contribution in [0.2, 0.25) is 0 Å². The summed E-state index contributed by atoms with van der Waals surface area (Å²) in [6.45, 7) is 0.966. The van der Waals surface area contributed by atoms with Gasteiger partial charge in [-0.05, 0) is 12.1 Å². The lowest BCUT2D eigenvalue weighted by Gasteiger charge is -2.23. The van der Waals surface area contributed by atoms with Crippen molar-refractivity contribution in [3.63, 3.8) is 0 Å². The summed E-state index contributed by atoms with van der Waals surface area (Å²) >= 11 is 11.2. The summed E-state index contributed by atoms with van der Waals surface area (Å²) in [6.07, 6.45) is 0. The summed E-state index contributed by atoms with van der Waals surface area (Å²) in [6, 6.07) is 3.46. The Bertz CT molecular complexity index is 317. The Balaban J connectivity index is 0.00000225. The second-order valence-electron chi connectivity index (χ2n) is 2.96. The molecular formula is C10H12Cl3F2N. The first-order valence-electron chi connectivity index (χ1n) is 4.51. The van der Waals surface area contributed by atoms with Gasteiger partial charge in [0, 0.05) is 30.9 Å². The number of nitrogens with zero attached hydrogens (tertiary/aromatic N) is 1. The van der Waals surface area contributed by atoms with Gasteiger partial charge in [-0.3, -0.25) is 0 Å². The largest absolute Gasteiger partial charge is 0.367 e. The molecule has 0 radical (unpaired) electrons. The van der Waals surface area contributed by atoms with Gasteiger partial charge in [0.25, 0.3) is 0 Å². The molecule has 0 unspecified atom stereocenters. The number of rotatable bonds is 5. The maximum Gasteiger partial charge on any atom is 0.149 e. The first-order chi connectivity index (χ1) is 7.19. The highest BCUT2D eigenvalue weighted by molar-refractivity contribution is 6.18. The van der Waals surface area contributed by atoms with Crippen molar-refractivity contribution in [1.29, 1.82) is 0 Å². The zero-order valence-corrected chi connectivity index (χ0v) is 10.8. The highest BCUT2D eigenvalue weighted by Crippen LogP contribution is 2.20. The van der Waals surface area contributed by atoms with E-state index in [1.165, 1.54) is 12.1 Å². The van der Waals surface area contributed by atoms with Gasteiger partial charge in [-0.15, -0.1) is 35.6 Å². The highest BCUT2D eigenvalue weighted by atomic mass is 35.5. The van der Waals surface area contributed by atoms with Gasteiger partial charge in [0.15, 0.2) is 0 Å². The van der Waals surface area contributed by atoms with Crippen molar-refractivity contribution in [3.8, 4) is 0 Å². The zero-order valence-electron chi connectivity index (χ0n) is 8.43. The van der Waals surface area contributed by atoms with Gasteiger partial charge in [0.1, 0.15) is 11.6 Å². The molecule has 0 saturated carbocycles. The highest BCUT2D eigenvalue weighted by Gasteiger charge is 2.11. The Hall–Kier alpha value is -0.250. The van der Waals surface area contributed by atoms with Gasteiger partial charge in [-0.2, -0.15) is 0 Å². The Kier molecular flexibility index (Phi) is 7.81. The van der Waals surface area contributed by atoms with E-state index in [4.69, 9.17) is 23.2 Å². The molecule has 92 valence electrons. The average Bonchev–Trinajstić information content (AvgIpc) is 2.17. The summed E-state index contributed by atoms with van der Waals surface area (Å²) in [5.74, 6) is -0.445. The van der Waals surface area contributed by atoms with E-state index < -0.39 is 11.6 Å². The smallest absolute Gasteiger partial charge is 0.149 e. The zero-order chi connectivity index (χ0) is 11.3. The summed E-state index contributed by atoms with van der Waals surface area (Å²) < 4.78 is 26.1. The Morgan fingerprint density at radius 1 is 1.06 bits per heavy atom. The van der Waals surface area contributed by atoms with Crippen LogP contribution in [0.5, 0.6) is 0 Å². The molecule has 6 heteroatoms. The van der Waals surface area contributed by atoms with E-state index >= 15 is 0 Å². The van der Waals surface area contributed by atoms with E-state index in [0.717, 1.165) is 6.07 Å². The van der Waals surface area contributed by atoms with Crippen LogP contribution in [-0.4, -0.2) is 24.8 Å². The third-order valence-electron chi connectivity index (χ3n) is 1.96. The molecule has 1 rings (SSSR count). The Labute approximate surface area is 110 Å². The van der Waals surface area contributed by atoms with Crippen molar-refractivity contribution in [2.24, 2.45) is 0 Å². The molecule has 1 aromatic carbocycles. The third kappa shape index (κ3) is 4.32. The lowest BCUT2D eigenvalue weighted by molar-refractivity contribution is 0.580. The minimum absolute atomic E-state index is 0. The molecule has 0 aliphatic heterocycles. The second kappa shape index (κ2) is 7.93. The maximum absolute atomic E-state index is 13.4. The molecule has 0 spiro atoms. The van der Waals surface area contributed by atoms with Gasteiger partial charge in [-0.25, -0.2) is 8.78 Å². The first kappa shape index (κ1) is 15.8. The first-order valence-corrected chi connectivity index (χ1v) is 5.58. The predicted octanol–water partition coefficient (Wildman–Crippen LogP) is 3.67. The molecule has 0 heterocycles. The van der Waals surface area contributed by atoms with Crippen molar-refractivity contribution in [2.75, 3.05) is 29.7 Å². The van der Waals surface area contributed by atoms with Crippen LogP contribution in [0.15, 0.2) is 18.2 Å². The molecule has 0 bridgehead atoms. The van der Waals surface area contributed by atoms with Crippen LogP contribution in [-0.2, 0) is 0 Å². The molecule has 0 aliphatic rings. The number of alkyl halides is 2. The quantitative estimate of drug-likeness (QED) is 0.748. The molecule has 0 atom stereocenters. The normalized spacial score (nSPS) is 9.75. The summed E-state index contributed by atoms with van der Waals surface area (Å²) in [4.78, 5) is 1.69. The predicted molar refractivity (Wildman–Crippen MR) is 67.3 cm³/mol. The van der Waals surface area contributed by atoms with Crippen molar-refractivity contribution in [3.05, 3.63) is 29.8 Å². The molecule has 0 aromatic heterocycles. The Morgan fingerprint density at radius 3 is 2.06 bits per heavy atom. The summed E-state index contributed by atoms with van der Waals surface area (Å²) in [5.41, 5.74) is 0.331. The molecule has 16 heavy (non-hydrogen) atoms. The Morgan fingerprint density at radius 2 is 1.62 bits per heavy atom. The number of halogens is 5. The van der Waals surface area contributed by atoms with E-state index in [2.05, 4.69) is 0 Å². The van der Waals surface area contributed by atoms with Gasteiger partial charge >= 0.3 is 0 Å². The van der Waals surface area contributed by atoms with Crippen LogP contribution in [0.4, 0.5) is 14.5 Å². The fourth-order valence-electron chi connectivity index (χ4n) is 1.29. The number of anilines is 1. The summed E-state index contributed by atoms with van der Waals surface area (Å²) in [7, 11) is 0. The van der Waals surface area contributed by atoms with Crippen molar-refractivity contribution < 1.29 is 8.78 Å². The minimum Gasteiger partial charge on any atom is -0.367 e. The van der Waals surface area contributed by atoms with Gasteiger partial charge in [0.2, 0.25) is 0 Å². The van der Waals surface area contributed by atoms with Crippen LogP contribution in [0.25, 0.3) is 0 Å². The fourth-order valence-corrected chi connectivity index (χ4v) is 1.70. The monoisotopic (exact) mass is 289 g/mol. The van der Waals surface area contributed by atoms with Crippen LogP contribution in [0.3, 0.4) is 0 Å². The molecule has 1 nitrogen and oxygen atoms in total. The molecule has 0 aliphatic carbocycles. The van der Waals surface area contributed by atoms with E-state index in [1.807, 2.05) is 0 Å². The number of hydrogen-bond donors (Lipinski definition) is 0. The summed E-state index contributed by atoms with van der Waals surface area (Å²) in [5, 5.41) is 0. The van der Waals surface area contributed by atoms with E-state index in [0.29, 0.717) is 30.5 Å². The molecule has 0 saturated heterocycles. The lowest BCUT2D eigenvalue weighted by Crippen LogP contribution is -2.28.